The first-order chi connectivity index (χ1) is 4.04. The van der Waals surface area contributed by atoms with Crippen LogP contribution in [0.4, 0.5) is 0 Å². The molecule has 0 atom stereocenters. The minimum atomic E-state index is -0.295. The third-order valence-corrected chi connectivity index (χ3v) is 1.04. The van der Waals surface area contributed by atoms with Gasteiger partial charge < -0.3 is 16.6 Å². The molecule has 5 N–H and O–H groups in total. The van der Waals surface area contributed by atoms with Crippen LogP contribution in [-0.2, 0) is 0 Å². The van der Waals surface area contributed by atoms with Crippen molar-refractivity contribution in [3.05, 3.63) is 22.7 Å². The lowest BCUT2D eigenvalue weighted by molar-refractivity contribution is 0.405. The van der Waals surface area contributed by atoms with Gasteiger partial charge in [0, 0.05) is 6.08 Å². The van der Waals surface area contributed by atoms with Gasteiger partial charge in [0.25, 0.3) is 0 Å². The molecular weight excluding hydrogens is 140 g/mol. The molecule has 4 heteroatoms. The van der Waals surface area contributed by atoms with E-state index in [0.29, 0.717) is 5.57 Å². The van der Waals surface area contributed by atoms with Crippen LogP contribution in [0, 0.1) is 0 Å². The zero-order chi connectivity index (χ0) is 7.44. The molecule has 0 bridgehead atoms. The first-order valence-corrected chi connectivity index (χ1v) is 2.70. The number of aliphatic hydroxyl groups is 1. The summed E-state index contributed by atoms with van der Waals surface area (Å²) in [7, 11) is 0. The van der Waals surface area contributed by atoms with Crippen molar-refractivity contribution in [3.8, 4) is 0 Å². The van der Waals surface area contributed by atoms with E-state index in [1.165, 1.54) is 6.08 Å². The van der Waals surface area contributed by atoms with E-state index in [2.05, 4.69) is 0 Å². The topological polar surface area (TPSA) is 72.3 Å². The molecule has 3 nitrogen and oxygen atoms in total. The smallest absolute Gasteiger partial charge is 0.181 e. The molecule has 0 radical (unpaired) electrons. The van der Waals surface area contributed by atoms with E-state index in [-0.39, 0.29) is 11.0 Å². The van der Waals surface area contributed by atoms with Crippen LogP contribution < -0.4 is 11.5 Å². The minimum absolute atomic E-state index is 0.131. The predicted octanol–water partition coefficient (Wildman–Crippen LogP) is 0.774. The third-order valence-electron chi connectivity index (χ3n) is 0.741. The van der Waals surface area contributed by atoms with Gasteiger partial charge in [-0.05, 0) is 12.5 Å². The molecule has 0 aromatic heterocycles. The summed E-state index contributed by atoms with van der Waals surface area (Å²) in [6.07, 6.45) is 1.28. The Kier molecular flexibility index (Phi) is 2.95. The van der Waals surface area contributed by atoms with Gasteiger partial charge in [0.05, 0.1) is 0 Å². The zero-order valence-electron chi connectivity index (χ0n) is 5.06. The van der Waals surface area contributed by atoms with Crippen LogP contribution in [0.5, 0.6) is 0 Å². The lowest BCUT2D eigenvalue weighted by Gasteiger charge is -1.92. The molecule has 0 aliphatic rings. The summed E-state index contributed by atoms with van der Waals surface area (Å²) in [6.45, 7) is 1.64. The molecule has 0 unspecified atom stereocenters. The lowest BCUT2D eigenvalue weighted by Crippen LogP contribution is -1.97. The molecule has 0 saturated heterocycles. The maximum atomic E-state index is 8.46. The van der Waals surface area contributed by atoms with Crippen molar-refractivity contribution in [1.29, 1.82) is 0 Å². The molecule has 9 heavy (non-hydrogen) atoms. The van der Waals surface area contributed by atoms with Crippen molar-refractivity contribution in [2.75, 3.05) is 0 Å². The molecule has 0 amide bonds. The second-order valence-electron chi connectivity index (χ2n) is 1.60. The van der Waals surface area contributed by atoms with Gasteiger partial charge in [0.2, 0.25) is 0 Å². The van der Waals surface area contributed by atoms with Crippen molar-refractivity contribution in [2.24, 2.45) is 11.5 Å². The predicted molar refractivity (Wildman–Crippen MR) is 37.6 cm³/mol. The van der Waals surface area contributed by atoms with Crippen LogP contribution in [-0.4, -0.2) is 5.11 Å². The number of aliphatic hydroxyl groups excluding tert-OH is 1. The number of allylic oxidation sites excluding steroid dienone is 2. The van der Waals surface area contributed by atoms with E-state index < -0.39 is 0 Å². The lowest BCUT2D eigenvalue weighted by atomic mass is 10.3. The monoisotopic (exact) mass is 148 g/mol. The van der Waals surface area contributed by atoms with Crippen LogP contribution in [0.1, 0.15) is 6.92 Å². The van der Waals surface area contributed by atoms with Crippen LogP contribution in [0.2, 0.25) is 0 Å². The fraction of sp³-hybridized carbons (Fsp3) is 0.200. The molecule has 0 heterocycles. The molecule has 0 fully saturated rings. The Morgan fingerprint density at radius 2 is 2.00 bits per heavy atom. The van der Waals surface area contributed by atoms with Gasteiger partial charge in [0.1, 0.15) is 5.16 Å². The summed E-state index contributed by atoms with van der Waals surface area (Å²) >= 11 is 5.32. The third kappa shape index (κ3) is 3.73. The Morgan fingerprint density at radius 3 is 2.11 bits per heavy atom. The Balaban J connectivity index is 4.25. The fourth-order valence-corrected chi connectivity index (χ4v) is 0.345. The molecule has 0 aromatic rings. The highest BCUT2D eigenvalue weighted by Gasteiger charge is 1.89. The Hall–Kier alpha value is -0.830. The summed E-state index contributed by atoms with van der Waals surface area (Å²) in [5.74, 6) is -0.295. The van der Waals surface area contributed by atoms with E-state index in [9.17, 15) is 0 Å². The number of rotatable bonds is 1. The van der Waals surface area contributed by atoms with Crippen LogP contribution in [0.3, 0.4) is 0 Å². The number of hydrogen-bond donors (Lipinski definition) is 3. The molecule has 0 aromatic carbocycles. The van der Waals surface area contributed by atoms with Gasteiger partial charge in [-0.3, -0.25) is 0 Å². The Labute approximate surface area is 58.6 Å². The summed E-state index contributed by atoms with van der Waals surface area (Å²) < 4.78 is 0. The highest BCUT2D eigenvalue weighted by atomic mass is 35.5. The van der Waals surface area contributed by atoms with Crippen molar-refractivity contribution < 1.29 is 5.11 Å². The number of nitrogens with two attached hydrogens (primary N) is 2. The molecule has 0 aliphatic carbocycles. The van der Waals surface area contributed by atoms with E-state index in [0.717, 1.165) is 0 Å². The highest BCUT2D eigenvalue weighted by Crippen LogP contribution is 2.03. The normalized spacial score (nSPS) is 15.1. The van der Waals surface area contributed by atoms with Crippen LogP contribution >= 0.6 is 11.6 Å². The largest absolute Gasteiger partial charge is 0.495 e. The Bertz CT molecular complexity index is 154. The second kappa shape index (κ2) is 3.25. The Morgan fingerprint density at radius 1 is 1.56 bits per heavy atom. The van der Waals surface area contributed by atoms with E-state index >= 15 is 0 Å². The second-order valence-corrected chi connectivity index (χ2v) is 2.01. The average molecular weight is 149 g/mol. The van der Waals surface area contributed by atoms with Gasteiger partial charge in [-0.15, -0.1) is 0 Å². The van der Waals surface area contributed by atoms with E-state index in [1.807, 2.05) is 0 Å². The van der Waals surface area contributed by atoms with Gasteiger partial charge in [-0.25, -0.2) is 0 Å². The maximum absolute atomic E-state index is 8.46. The fourth-order valence-electron chi connectivity index (χ4n) is 0.291. The van der Waals surface area contributed by atoms with E-state index in [4.69, 9.17) is 28.2 Å². The number of halogens is 1. The first-order valence-electron chi connectivity index (χ1n) is 2.32. The molecule has 0 aliphatic heterocycles. The maximum Gasteiger partial charge on any atom is 0.181 e. The van der Waals surface area contributed by atoms with Crippen LogP contribution in [0.15, 0.2) is 22.7 Å². The summed E-state index contributed by atoms with van der Waals surface area (Å²) in [6, 6.07) is 0. The van der Waals surface area contributed by atoms with Gasteiger partial charge in [0.15, 0.2) is 5.88 Å². The molecule has 0 rings (SSSR count). The van der Waals surface area contributed by atoms with Gasteiger partial charge >= 0.3 is 0 Å². The summed E-state index contributed by atoms with van der Waals surface area (Å²) in [5, 5.41) is 8.59. The molecular formula is C5H9ClN2O. The van der Waals surface area contributed by atoms with Crippen LogP contribution in [0.25, 0.3) is 0 Å². The summed E-state index contributed by atoms with van der Waals surface area (Å²) in [4.78, 5) is 0. The quantitative estimate of drug-likeness (QED) is 0.292. The highest BCUT2D eigenvalue weighted by molar-refractivity contribution is 6.29. The zero-order valence-corrected chi connectivity index (χ0v) is 5.81. The van der Waals surface area contributed by atoms with Crippen molar-refractivity contribution in [1.82, 2.24) is 0 Å². The van der Waals surface area contributed by atoms with E-state index in [1.54, 1.807) is 6.92 Å². The minimum Gasteiger partial charge on any atom is -0.495 e. The SMILES string of the molecule is CC(/C=C(\N)O)=C(/N)Cl. The average Bonchev–Trinajstić information content (AvgIpc) is 1.63. The number of hydrogen-bond acceptors (Lipinski definition) is 3. The van der Waals surface area contributed by atoms with Crippen molar-refractivity contribution >= 4 is 11.6 Å². The van der Waals surface area contributed by atoms with Gasteiger partial charge in [-0.2, -0.15) is 0 Å². The molecule has 0 spiro atoms. The standard InChI is InChI=1S/C5H9ClN2O/c1-3(5(6)8)2-4(7)9/h2,9H,7-8H2,1H3/b4-2+,5-3-. The summed E-state index contributed by atoms with van der Waals surface area (Å²) in [5.41, 5.74) is 10.6. The molecule has 52 valence electrons. The van der Waals surface area contributed by atoms with Crippen molar-refractivity contribution in [2.45, 2.75) is 6.92 Å². The first kappa shape index (κ1) is 8.17. The van der Waals surface area contributed by atoms with Crippen molar-refractivity contribution in [3.63, 3.8) is 0 Å². The molecule has 0 saturated carbocycles. The van der Waals surface area contributed by atoms with Gasteiger partial charge in [-0.1, -0.05) is 11.6 Å².